The second-order valence-electron chi connectivity index (χ2n) is 5.05. The van der Waals surface area contributed by atoms with Crippen LogP contribution in [0.25, 0.3) is 22.3 Å². The van der Waals surface area contributed by atoms with E-state index in [1.165, 1.54) is 0 Å². The van der Waals surface area contributed by atoms with Gasteiger partial charge in [0.25, 0.3) is 0 Å². The Kier molecular flexibility index (Phi) is 4.96. The fourth-order valence-electron chi connectivity index (χ4n) is 2.45. The highest BCUT2D eigenvalue weighted by atomic mass is 79.9. The minimum Gasteiger partial charge on any atom is -0.496 e. The SMILES string of the molecule is COc1cc(-c2ccc(Cl)cc2)c(-c2ccc(Cl)cc2)cc1Br. The molecular weight excluding hydrogens is 395 g/mol. The van der Waals surface area contributed by atoms with Crippen LogP contribution in [0, 0.1) is 0 Å². The van der Waals surface area contributed by atoms with E-state index < -0.39 is 0 Å². The second-order valence-corrected chi connectivity index (χ2v) is 6.77. The topological polar surface area (TPSA) is 9.23 Å². The molecule has 23 heavy (non-hydrogen) atoms. The first-order valence-electron chi connectivity index (χ1n) is 6.98. The standard InChI is InChI=1S/C19H13BrCl2O/c1-23-19-11-17(13-4-8-15(22)9-5-13)16(10-18(19)20)12-2-6-14(21)7-3-12/h2-11H,1H3. The van der Waals surface area contributed by atoms with Gasteiger partial charge in [0.2, 0.25) is 0 Å². The molecule has 116 valence electrons. The second kappa shape index (κ2) is 6.96. The van der Waals surface area contributed by atoms with Crippen LogP contribution < -0.4 is 4.74 Å². The lowest BCUT2D eigenvalue weighted by molar-refractivity contribution is 0.412. The first-order chi connectivity index (χ1) is 11.1. The predicted molar refractivity (Wildman–Crippen MR) is 102 cm³/mol. The molecule has 3 rings (SSSR count). The first-order valence-corrected chi connectivity index (χ1v) is 8.53. The summed E-state index contributed by atoms with van der Waals surface area (Å²) in [4.78, 5) is 0. The van der Waals surface area contributed by atoms with Crippen molar-refractivity contribution in [2.24, 2.45) is 0 Å². The van der Waals surface area contributed by atoms with E-state index in [2.05, 4.69) is 22.0 Å². The molecule has 0 aliphatic heterocycles. The zero-order valence-electron chi connectivity index (χ0n) is 12.3. The van der Waals surface area contributed by atoms with Crippen molar-refractivity contribution in [2.45, 2.75) is 0 Å². The zero-order valence-corrected chi connectivity index (χ0v) is 15.4. The largest absolute Gasteiger partial charge is 0.496 e. The monoisotopic (exact) mass is 406 g/mol. The molecule has 0 aromatic heterocycles. The normalized spacial score (nSPS) is 10.6. The molecule has 0 N–H and O–H groups in total. The minimum absolute atomic E-state index is 0.714. The van der Waals surface area contributed by atoms with Gasteiger partial charge in [-0.25, -0.2) is 0 Å². The Balaban J connectivity index is 2.23. The van der Waals surface area contributed by atoms with Crippen molar-refractivity contribution < 1.29 is 4.74 Å². The summed E-state index contributed by atoms with van der Waals surface area (Å²) in [6, 6.07) is 19.7. The van der Waals surface area contributed by atoms with Crippen molar-refractivity contribution >= 4 is 39.1 Å². The lowest BCUT2D eigenvalue weighted by Gasteiger charge is -2.14. The van der Waals surface area contributed by atoms with Crippen LogP contribution in [-0.2, 0) is 0 Å². The lowest BCUT2D eigenvalue weighted by Crippen LogP contribution is -1.90. The van der Waals surface area contributed by atoms with Crippen LogP contribution in [0.3, 0.4) is 0 Å². The van der Waals surface area contributed by atoms with E-state index >= 15 is 0 Å². The van der Waals surface area contributed by atoms with E-state index in [-0.39, 0.29) is 0 Å². The molecule has 0 amide bonds. The number of hydrogen-bond acceptors (Lipinski definition) is 1. The molecule has 0 unspecified atom stereocenters. The van der Waals surface area contributed by atoms with Crippen molar-refractivity contribution in [1.82, 2.24) is 0 Å². The van der Waals surface area contributed by atoms with Gasteiger partial charge in [-0.05, 0) is 74.6 Å². The number of hydrogen-bond donors (Lipinski definition) is 0. The molecule has 4 heteroatoms. The Morgan fingerprint density at radius 1 is 0.739 bits per heavy atom. The maximum Gasteiger partial charge on any atom is 0.133 e. The summed E-state index contributed by atoms with van der Waals surface area (Å²) in [6.45, 7) is 0. The molecule has 0 aliphatic rings. The average Bonchev–Trinajstić information content (AvgIpc) is 2.56. The summed E-state index contributed by atoms with van der Waals surface area (Å²) in [6.07, 6.45) is 0. The minimum atomic E-state index is 0.714. The summed E-state index contributed by atoms with van der Waals surface area (Å²) < 4.78 is 6.35. The molecule has 3 aromatic carbocycles. The molecule has 0 bridgehead atoms. The Labute approximate surface area is 153 Å². The smallest absolute Gasteiger partial charge is 0.133 e. The third-order valence-corrected chi connectivity index (χ3v) is 4.73. The van der Waals surface area contributed by atoms with Gasteiger partial charge in [0, 0.05) is 10.0 Å². The van der Waals surface area contributed by atoms with Crippen molar-refractivity contribution in [3.63, 3.8) is 0 Å². The van der Waals surface area contributed by atoms with Gasteiger partial charge in [-0.1, -0.05) is 47.5 Å². The summed E-state index contributed by atoms with van der Waals surface area (Å²) >= 11 is 15.6. The van der Waals surface area contributed by atoms with E-state index in [1.54, 1.807) is 7.11 Å². The quantitative estimate of drug-likeness (QED) is 0.449. The molecule has 0 spiro atoms. The van der Waals surface area contributed by atoms with Crippen LogP contribution in [0.4, 0.5) is 0 Å². The summed E-state index contributed by atoms with van der Waals surface area (Å²) in [5.41, 5.74) is 4.33. The highest BCUT2D eigenvalue weighted by Gasteiger charge is 2.12. The summed E-state index contributed by atoms with van der Waals surface area (Å²) in [5.74, 6) is 0.785. The average molecular weight is 408 g/mol. The van der Waals surface area contributed by atoms with Crippen LogP contribution in [0.1, 0.15) is 0 Å². The third kappa shape index (κ3) is 3.55. The van der Waals surface area contributed by atoms with Crippen LogP contribution in [0.2, 0.25) is 10.0 Å². The van der Waals surface area contributed by atoms with Crippen LogP contribution >= 0.6 is 39.1 Å². The molecular formula is C19H13BrCl2O. The molecule has 0 aliphatic carbocycles. The molecule has 0 atom stereocenters. The predicted octanol–water partition coefficient (Wildman–Crippen LogP) is 7.10. The number of ether oxygens (including phenoxy) is 1. The molecule has 1 nitrogen and oxygen atoms in total. The van der Waals surface area contributed by atoms with Gasteiger partial charge in [-0.2, -0.15) is 0 Å². The van der Waals surface area contributed by atoms with E-state index in [0.717, 1.165) is 37.5 Å². The highest BCUT2D eigenvalue weighted by Crippen LogP contribution is 2.40. The Hall–Kier alpha value is -1.48. The number of benzene rings is 3. The van der Waals surface area contributed by atoms with Crippen molar-refractivity contribution in [1.29, 1.82) is 0 Å². The van der Waals surface area contributed by atoms with Crippen LogP contribution in [0.15, 0.2) is 65.1 Å². The number of rotatable bonds is 3. The van der Waals surface area contributed by atoms with Gasteiger partial charge in [-0.15, -0.1) is 0 Å². The maximum absolute atomic E-state index is 6.01. The van der Waals surface area contributed by atoms with Crippen molar-refractivity contribution in [3.8, 4) is 28.0 Å². The first kappa shape index (κ1) is 16.4. The molecule has 0 radical (unpaired) electrons. The summed E-state index contributed by atoms with van der Waals surface area (Å²) in [5, 5.41) is 1.43. The molecule has 0 fully saturated rings. The molecule has 0 heterocycles. The maximum atomic E-state index is 6.01. The fraction of sp³-hybridized carbons (Fsp3) is 0.0526. The van der Waals surface area contributed by atoms with E-state index in [1.807, 2.05) is 54.6 Å². The molecule has 0 saturated carbocycles. The Morgan fingerprint density at radius 2 is 1.17 bits per heavy atom. The van der Waals surface area contributed by atoms with Gasteiger partial charge < -0.3 is 4.74 Å². The summed E-state index contributed by atoms with van der Waals surface area (Å²) in [7, 11) is 1.66. The fourth-order valence-corrected chi connectivity index (χ4v) is 3.20. The Morgan fingerprint density at radius 3 is 1.61 bits per heavy atom. The number of halogens is 3. The van der Waals surface area contributed by atoms with Gasteiger partial charge in [-0.3, -0.25) is 0 Å². The van der Waals surface area contributed by atoms with Crippen molar-refractivity contribution in [3.05, 3.63) is 75.2 Å². The highest BCUT2D eigenvalue weighted by molar-refractivity contribution is 9.10. The third-order valence-electron chi connectivity index (χ3n) is 3.60. The Bertz CT molecular complexity index is 827. The van der Waals surface area contributed by atoms with Gasteiger partial charge in [0.15, 0.2) is 0 Å². The van der Waals surface area contributed by atoms with Crippen molar-refractivity contribution in [2.75, 3.05) is 7.11 Å². The molecule has 0 saturated heterocycles. The number of methoxy groups -OCH3 is 1. The molecule has 3 aromatic rings. The lowest BCUT2D eigenvalue weighted by atomic mass is 9.94. The zero-order chi connectivity index (χ0) is 16.4. The van der Waals surface area contributed by atoms with Gasteiger partial charge >= 0.3 is 0 Å². The van der Waals surface area contributed by atoms with Gasteiger partial charge in [0.05, 0.1) is 11.6 Å². The van der Waals surface area contributed by atoms with Crippen LogP contribution in [-0.4, -0.2) is 7.11 Å². The van der Waals surface area contributed by atoms with Crippen LogP contribution in [0.5, 0.6) is 5.75 Å². The van der Waals surface area contributed by atoms with E-state index in [9.17, 15) is 0 Å². The van der Waals surface area contributed by atoms with E-state index in [0.29, 0.717) is 5.02 Å². The van der Waals surface area contributed by atoms with E-state index in [4.69, 9.17) is 27.9 Å². The van der Waals surface area contributed by atoms with Gasteiger partial charge in [0.1, 0.15) is 5.75 Å².